The highest BCUT2D eigenvalue weighted by Crippen LogP contribution is 2.28. The standard InChI is InChI=1S/C25H30N4O6S/c1-26-22-10-9-21(16-23(22)35-25(26)31)36(32,33)29-11-3-4-18(17-29)24(30)28-14-12-27(13-15-28)19-5-7-20(34-2)8-6-19/h5-10,16,18H,3-4,11-15,17H2,1-2H3/t18-/m0/s1. The molecular weight excluding hydrogens is 484 g/mol. The number of aromatic nitrogens is 1. The number of nitrogens with zero attached hydrogens (tertiary/aromatic N) is 4. The van der Waals surface area contributed by atoms with Crippen LogP contribution in [0.25, 0.3) is 11.1 Å². The fourth-order valence-electron chi connectivity index (χ4n) is 5.02. The van der Waals surface area contributed by atoms with Gasteiger partial charge in [-0.2, -0.15) is 4.31 Å². The molecule has 0 radical (unpaired) electrons. The van der Waals surface area contributed by atoms with Crippen molar-refractivity contribution >= 4 is 32.7 Å². The number of aryl methyl sites for hydroxylation is 1. The second kappa shape index (κ2) is 9.62. The van der Waals surface area contributed by atoms with Gasteiger partial charge in [-0.15, -0.1) is 0 Å². The van der Waals surface area contributed by atoms with Crippen LogP contribution in [-0.4, -0.2) is 74.5 Å². The van der Waals surface area contributed by atoms with E-state index in [0.29, 0.717) is 38.0 Å². The highest BCUT2D eigenvalue weighted by atomic mass is 32.2. The fourth-order valence-corrected chi connectivity index (χ4v) is 6.56. The van der Waals surface area contributed by atoms with Crippen LogP contribution < -0.4 is 15.4 Å². The Bertz CT molecular complexity index is 1420. The Morgan fingerprint density at radius 3 is 2.44 bits per heavy atom. The minimum absolute atomic E-state index is 0.00814. The Labute approximate surface area is 209 Å². The fraction of sp³-hybridized carbons (Fsp3) is 0.440. The Morgan fingerprint density at radius 2 is 1.75 bits per heavy atom. The van der Waals surface area contributed by atoms with Gasteiger partial charge >= 0.3 is 5.76 Å². The number of benzene rings is 2. The molecule has 1 amide bonds. The van der Waals surface area contributed by atoms with Gasteiger partial charge in [0.25, 0.3) is 0 Å². The number of hydrogen-bond donors (Lipinski definition) is 0. The smallest absolute Gasteiger partial charge is 0.419 e. The van der Waals surface area contributed by atoms with Gasteiger partial charge in [0.05, 0.1) is 23.4 Å². The van der Waals surface area contributed by atoms with E-state index < -0.39 is 15.8 Å². The average molecular weight is 515 g/mol. The van der Waals surface area contributed by atoms with Crippen molar-refractivity contribution in [3.05, 3.63) is 53.0 Å². The van der Waals surface area contributed by atoms with Gasteiger partial charge in [-0.1, -0.05) is 0 Å². The number of piperazine rings is 1. The Morgan fingerprint density at radius 1 is 1.03 bits per heavy atom. The van der Waals surface area contributed by atoms with E-state index in [1.54, 1.807) is 20.2 Å². The zero-order valence-electron chi connectivity index (χ0n) is 20.4. The number of ether oxygens (including phenoxy) is 1. The number of carbonyl (C=O) groups excluding carboxylic acids is 1. The molecule has 2 saturated heterocycles. The van der Waals surface area contributed by atoms with Crippen molar-refractivity contribution in [3.8, 4) is 5.75 Å². The summed E-state index contributed by atoms with van der Waals surface area (Å²) >= 11 is 0. The molecule has 5 rings (SSSR count). The summed E-state index contributed by atoms with van der Waals surface area (Å²) in [4.78, 5) is 29.3. The van der Waals surface area contributed by atoms with E-state index in [1.165, 1.54) is 21.0 Å². The molecular formula is C25H30N4O6S. The van der Waals surface area contributed by atoms with Crippen LogP contribution in [0.5, 0.6) is 5.75 Å². The quantitative estimate of drug-likeness (QED) is 0.512. The summed E-state index contributed by atoms with van der Waals surface area (Å²) in [6, 6.07) is 12.3. The average Bonchev–Trinajstić information content (AvgIpc) is 3.21. The number of rotatable bonds is 5. The second-order valence-electron chi connectivity index (χ2n) is 9.27. The third-order valence-electron chi connectivity index (χ3n) is 7.16. The van der Waals surface area contributed by atoms with Crippen molar-refractivity contribution < 1.29 is 22.4 Å². The molecule has 0 spiro atoms. The van der Waals surface area contributed by atoms with Crippen molar-refractivity contribution in [3.63, 3.8) is 0 Å². The van der Waals surface area contributed by atoms with Crippen molar-refractivity contribution in [2.45, 2.75) is 17.7 Å². The van der Waals surface area contributed by atoms with Gasteiger partial charge in [-0.3, -0.25) is 9.36 Å². The summed E-state index contributed by atoms with van der Waals surface area (Å²) in [6.07, 6.45) is 1.28. The number of anilines is 1. The third kappa shape index (κ3) is 4.48. The highest BCUT2D eigenvalue weighted by molar-refractivity contribution is 7.89. The van der Waals surface area contributed by atoms with E-state index in [1.807, 2.05) is 29.2 Å². The summed E-state index contributed by atoms with van der Waals surface area (Å²) in [6.45, 7) is 3.13. The Balaban J connectivity index is 1.24. The number of sulfonamides is 1. The van der Waals surface area contributed by atoms with Crippen molar-refractivity contribution in [2.75, 3.05) is 51.3 Å². The van der Waals surface area contributed by atoms with Crippen LogP contribution in [0.1, 0.15) is 12.8 Å². The molecule has 0 saturated carbocycles. The maximum absolute atomic E-state index is 13.4. The first-order valence-electron chi connectivity index (χ1n) is 12.1. The molecule has 2 aliphatic heterocycles. The Kier molecular flexibility index (Phi) is 6.52. The lowest BCUT2D eigenvalue weighted by Crippen LogP contribution is -2.53. The molecule has 0 bridgehead atoms. The van der Waals surface area contributed by atoms with Crippen LogP contribution >= 0.6 is 0 Å². The van der Waals surface area contributed by atoms with Crippen LogP contribution in [0.3, 0.4) is 0 Å². The van der Waals surface area contributed by atoms with Crippen LogP contribution in [0, 0.1) is 5.92 Å². The molecule has 3 heterocycles. The molecule has 10 nitrogen and oxygen atoms in total. The number of carbonyl (C=O) groups is 1. The van der Waals surface area contributed by atoms with E-state index in [9.17, 15) is 18.0 Å². The number of amides is 1. The number of oxazole rings is 1. The number of fused-ring (bicyclic) bond motifs is 1. The molecule has 1 aromatic heterocycles. The predicted molar refractivity (Wildman–Crippen MR) is 135 cm³/mol. The predicted octanol–water partition coefficient (Wildman–Crippen LogP) is 1.89. The van der Waals surface area contributed by atoms with E-state index in [-0.39, 0.29) is 28.8 Å². The largest absolute Gasteiger partial charge is 0.497 e. The molecule has 3 aromatic rings. The molecule has 0 aliphatic carbocycles. The first-order chi connectivity index (χ1) is 17.3. The van der Waals surface area contributed by atoms with Gasteiger partial charge in [0, 0.05) is 58.1 Å². The zero-order chi connectivity index (χ0) is 25.4. The molecule has 192 valence electrons. The normalized spacial score (nSPS) is 19.6. The summed E-state index contributed by atoms with van der Waals surface area (Å²) in [7, 11) is -0.626. The van der Waals surface area contributed by atoms with Crippen LogP contribution in [-0.2, 0) is 21.9 Å². The van der Waals surface area contributed by atoms with Gasteiger partial charge < -0.3 is 19.0 Å². The molecule has 0 unspecified atom stereocenters. The van der Waals surface area contributed by atoms with Gasteiger partial charge in [0.15, 0.2) is 5.58 Å². The summed E-state index contributed by atoms with van der Waals surface area (Å²) in [5.74, 6) is -0.110. The first kappa shape index (κ1) is 24.4. The summed E-state index contributed by atoms with van der Waals surface area (Å²) < 4.78 is 39.8. The number of methoxy groups -OCH3 is 1. The van der Waals surface area contributed by atoms with Crippen molar-refractivity contribution in [1.29, 1.82) is 0 Å². The van der Waals surface area contributed by atoms with Gasteiger partial charge in [-0.25, -0.2) is 13.2 Å². The molecule has 2 fully saturated rings. The maximum atomic E-state index is 13.4. The van der Waals surface area contributed by atoms with E-state index in [2.05, 4.69) is 4.90 Å². The summed E-state index contributed by atoms with van der Waals surface area (Å²) in [5, 5.41) is 0. The molecule has 1 atom stereocenters. The molecule has 2 aliphatic rings. The minimum atomic E-state index is -3.83. The van der Waals surface area contributed by atoms with Crippen LogP contribution in [0.2, 0.25) is 0 Å². The topological polar surface area (TPSA) is 105 Å². The molecule has 2 aromatic carbocycles. The maximum Gasteiger partial charge on any atom is 0.419 e. The van der Waals surface area contributed by atoms with Gasteiger partial charge in [0.2, 0.25) is 15.9 Å². The monoisotopic (exact) mass is 514 g/mol. The molecule has 0 N–H and O–H groups in total. The van der Waals surface area contributed by atoms with Gasteiger partial charge in [-0.05, 0) is 49.2 Å². The third-order valence-corrected chi connectivity index (χ3v) is 9.02. The summed E-state index contributed by atoms with van der Waals surface area (Å²) in [5.41, 5.74) is 1.84. The molecule has 11 heteroatoms. The lowest BCUT2D eigenvalue weighted by atomic mass is 9.97. The lowest BCUT2D eigenvalue weighted by molar-refractivity contribution is -0.137. The van der Waals surface area contributed by atoms with Gasteiger partial charge in [0.1, 0.15) is 5.75 Å². The van der Waals surface area contributed by atoms with E-state index >= 15 is 0 Å². The van der Waals surface area contributed by atoms with Crippen LogP contribution in [0.15, 0.2) is 56.6 Å². The van der Waals surface area contributed by atoms with E-state index in [0.717, 1.165) is 24.5 Å². The molecule has 36 heavy (non-hydrogen) atoms. The van der Waals surface area contributed by atoms with Crippen molar-refractivity contribution in [2.24, 2.45) is 13.0 Å². The highest BCUT2D eigenvalue weighted by Gasteiger charge is 2.36. The van der Waals surface area contributed by atoms with Crippen molar-refractivity contribution in [1.82, 2.24) is 13.8 Å². The lowest BCUT2D eigenvalue weighted by Gasteiger charge is -2.39. The van der Waals surface area contributed by atoms with E-state index in [4.69, 9.17) is 9.15 Å². The zero-order valence-corrected chi connectivity index (χ0v) is 21.2. The number of hydrogen-bond acceptors (Lipinski definition) is 7. The Hall–Kier alpha value is -3.31. The first-order valence-corrected chi connectivity index (χ1v) is 13.5. The number of piperidine rings is 1. The second-order valence-corrected chi connectivity index (χ2v) is 11.2. The van der Waals surface area contributed by atoms with Crippen LogP contribution in [0.4, 0.5) is 5.69 Å². The SMILES string of the molecule is COc1ccc(N2CCN(C(=O)[C@H]3CCCN(S(=O)(=O)c4ccc5c(c4)oc(=O)n5C)C3)CC2)cc1. The minimum Gasteiger partial charge on any atom is -0.497 e.